The summed E-state index contributed by atoms with van der Waals surface area (Å²) in [4.78, 5) is 3.76. The second-order valence-electron chi connectivity index (χ2n) is 1.97. The molecule has 0 bridgehead atoms. The Morgan fingerprint density at radius 2 is 2.38 bits per heavy atom. The fraction of sp³-hybridized carbons (Fsp3) is 0. The van der Waals surface area contributed by atoms with Crippen molar-refractivity contribution in [2.75, 3.05) is 0 Å². The van der Waals surface area contributed by atoms with Gasteiger partial charge in [-0.25, -0.2) is 9.19 Å². The molecule has 1 rings (SSSR count). The third-order valence-electron chi connectivity index (χ3n) is 1.15. The number of ether oxygens (including phenoxy) is 1. The maximum atomic E-state index is 10.8. The van der Waals surface area contributed by atoms with E-state index in [4.69, 9.17) is 27.0 Å². The van der Waals surface area contributed by atoms with Crippen molar-refractivity contribution >= 4 is 32.3 Å². The Hall–Kier alpha value is -0.580. The second kappa shape index (κ2) is 4.60. The van der Waals surface area contributed by atoms with Crippen molar-refractivity contribution in [3.63, 3.8) is 0 Å². The molecule has 13 heavy (non-hydrogen) atoms. The summed E-state index contributed by atoms with van der Waals surface area (Å²) in [6.07, 6.45) is 2.61. The van der Waals surface area contributed by atoms with E-state index in [1.807, 2.05) is 0 Å². The third-order valence-corrected chi connectivity index (χ3v) is 2.62. The van der Waals surface area contributed by atoms with Gasteiger partial charge in [-0.1, -0.05) is 18.2 Å². The van der Waals surface area contributed by atoms with Crippen molar-refractivity contribution in [2.45, 2.75) is 5.03 Å². The molecular weight excluding hydrogens is 233 g/mol. The van der Waals surface area contributed by atoms with E-state index in [1.165, 1.54) is 18.5 Å². The van der Waals surface area contributed by atoms with Gasteiger partial charge < -0.3 is 4.74 Å². The quantitative estimate of drug-likeness (QED) is 0.600. The van der Waals surface area contributed by atoms with Gasteiger partial charge in [-0.3, -0.25) is 0 Å². The van der Waals surface area contributed by atoms with Crippen LogP contribution >= 0.6 is 22.3 Å². The molecule has 1 unspecified atom stereocenters. The van der Waals surface area contributed by atoms with Crippen molar-refractivity contribution in [3.8, 4) is 5.75 Å². The van der Waals surface area contributed by atoms with E-state index in [1.54, 1.807) is 0 Å². The Labute approximate surface area is 87.3 Å². The zero-order valence-corrected chi connectivity index (χ0v) is 8.70. The summed E-state index contributed by atoms with van der Waals surface area (Å²) in [5.41, 5.74) is 0. The molecule has 0 aromatic carbocycles. The molecule has 0 fully saturated rings. The molecule has 6 heteroatoms. The lowest BCUT2D eigenvalue weighted by Crippen LogP contribution is -1.90. The van der Waals surface area contributed by atoms with Crippen molar-refractivity contribution < 1.29 is 8.95 Å². The number of rotatable bonds is 3. The van der Waals surface area contributed by atoms with Crippen molar-refractivity contribution in [1.82, 2.24) is 4.98 Å². The Balaban J connectivity index is 3.05. The Kier molecular flexibility index (Phi) is 3.71. The smallest absolute Gasteiger partial charge is 0.167 e. The van der Waals surface area contributed by atoms with Crippen LogP contribution in [0, 0.1) is 0 Å². The van der Waals surface area contributed by atoms with Gasteiger partial charge in [0.05, 0.1) is 17.5 Å². The standard InChI is InChI=1S/C7H5Cl2NO2S/c1-2-12-5-3-6(8)7(10-4-5)13(9)11/h2-4H,1H2. The molecule has 0 spiro atoms. The topological polar surface area (TPSA) is 39.2 Å². The monoisotopic (exact) mass is 237 g/mol. The molecule has 0 aliphatic heterocycles. The van der Waals surface area contributed by atoms with Crippen LogP contribution < -0.4 is 4.74 Å². The Bertz CT molecular complexity index is 356. The van der Waals surface area contributed by atoms with Gasteiger partial charge in [0.1, 0.15) is 5.75 Å². The molecule has 1 aromatic heterocycles. The number of aromatic nitrogens is 1. The fourth-order valence-electron chi connectivity index (χ4n) is 0.687. The van der Waals surface area contributed by atoms with E-state index in [0.29, 0.717) is 5.75 Å². The predicted octanol–water partition coefficient (Wildman–Crippen LogP) is 2.52. The molecule has 0 N–H and O–H groups in total. The van der Waals surface area contributed by atoms with Gasteiger partial charge in [0.2, 0.25) is 0 Å². The molecule has 0 saturated heterocycles. The van der Waals surface area contributed by atoms with E-state index >= 15 is 0 Å². The van der Waals surface area contributed by atoms with E-state index < -0.39 is 10.0 Å². The van der Waals surface area contributed by atoms with E-state index in [9.17, 15) is 4.21 Å². The summed E-state index contributed by atoms with van der Waals surface area (Å²) in [7, 11) is 3.60. The van der Waals surface area contributed by atoms with Gasteiger partial charge in [-0.15, -0.1) is 0 Å². The molecule has 3 nitrogen and oxygen atoms in total. The van der Waals surface area contributed by atoms with E-state index in [2.05, 4.69) is 11.6 Å². The van der Waals surface area contributed by atoms with E-state index in [0.717, 1.165) is 0 Å². The summed E-state index contributed by atoms with van der Waals surface area (Å²) in [6, 6.07) is 1.46. The zero-order valence-electron chi connectivity index (χ0n) is 6.37. The largest absolute Gasteiger partial charge is 0.464 e. The molecule has 0 radical (unpaired) electrons. The highest BCUT2D eigenvalue weighted by Crippen LogP contribution is 2.23. The Morgan fingerprint density at radius 3 is 2.85 bits per heavy atom. The van der Waals surface area contributed by atoms with Crippen LogP contribution in [-0.2, 0) is 10.0 Å². The van der Waals surface area contributed by atoms with Crippen LogP contribution in [0.15, 0.2) is 30.1 Å². The summed E-state index contributed by atoms with van der Waals surface area (Å²) in [5.74, 6) is 0.422. The maximum Gasteiger partial charge on any atom is 0.167 e. The normalized spacial score (nSPS) is 12.2. The minimum atomic E-state index is -1.70. The first-order chi connectivity index (χ1) is 6.15. The molecule has 1 atom stereocenters. The number of halogens is 2. The lowest BCUT2D eigenvalue weighted by atomic mass is 10.5. The minimum Gasteiger partial charge on any atom is -0.464 e. The third kappa shape index (κ3) is 2.69. The van der Waals surface area contributed by atoms with Crippen LogP contribution in [0.1, 0.15) is 0 Å². The number of pyridine rings is 1. The molecule has 1 aromatic rings. The maximum absolute atomic E-state index is 10.8. The minimum absolute atomic E-state index is 0.125. The summed E-state index contributed by atoms with van der Waals surface area (Å²) in [6.45, 7) is 3.36. The molecular formula is C7H5Cl2NO2S. The number of hydrogen-bond donors (Lipinski definition) is 0. The first-order valence-corrected chi connectivity index (χ1v) is 5.51. The second-order valence-corrected chi connectivity index (χ2v) is 4.05. The van der Waals surface area contributed by atoms with Crippen LogP contribution in [0.25, 0.3) is 0 Å². The summed E-state index contributed by atoms with van der Waals surface area (Å²) >= 11 is 5.71. The molecule has 0 aliphatic rings. The van der Waals surface area contributed by atoms with Gasteiger partial charge in [-0.05, 0) is 10.7 Å². The average Bonchev–Trinajstić information content (AvgIpc) is 2.04. The molecule has 0 amide bonds. The van der Waals surface area contributed by atoms with Gasteiger partial charge in [-0.2, -0.15) is 0 Å². The highest BCUT2D eigenvalue weighted by Gasteiger charge is 2.08. The van der Waals surface area contributed by atoms with Crippen LogP contribution in [0.4, 0.5) is 0 Å². The number of hydrogen-bond acceptors (Lipinski definition) is 3. The fourth-order valence-corrected chi connectivity index (χ4v) is 1.89. The molecule has 70 valence electrons. The van der Waals surface area contributed by atoms with Gasteiger partial charge in [0.15, 0.2) is 15.0 Å². The van der Waals surface area contributed by atoms with Crippen LogP contribution in [0.3, 0.4) is 0 Å². The van der Waals surface area contributed by atoms with Crippen molar-refractivity contribution in [1.29, 1.82) is 0 Å². The van der Waals surface area contributed by atoms with Crippen molar-refractivity contribution in [3.05, 3.63) is 30.1 Å². The average molecular weight is 238 g/mol. The highest BCUT2D eigenvalue weighted by atomic mass is 35.7. The van der Waals surface area contributed by atoms with E-state index in [-0.39, 0.29) is 10.0 Å². The summed E-state index contributed by atoms with van der Waals surface area (Å²) < 4.78 is 15.7. The highest BCUT2D eigenvalue weighted by molar-refractivity contribution is 8.08. The van der Waals surface area contributed by atoms with Gasteiger partial charge >= 0.3 is 0 Å². The Morgan fingerprint density at radius 1 is 1.69 bits per heavy atom. The summed E-state index contributed by atoms with van der Waals surface area (Å²) in [5, 5.41) is 0.326. The molecule has 0 saturated carbocycles. The van der Waals surface area contributed by atoms with Gasteiger partial charge in [0.25, 0.3) is 0 Å². The SMILES string of the molecule is C=COc1cnc(S(=O)Cl)c(Cl)c1. The van der Waals surface area contributed by atoms with Crippen LogP contribution in [0.2, 0.25) is 5.02 Å². The van der Waals surface area contributed by atoms with Crippen LogP contribution in [0.5, 0.6) is 5.75 Å². The molecule has 0 aliphatic carbocycles. The number of nitrogens with zero attached hydrogens (tertiary/aromatic N) is 1. The first kappa shape index (κ1) is 10.5. The van der Waals surface area contributed by atoms with Crippen LogP contribution in [-0.4, -0.2) is 9.19 Å². The first-order valence-electron chi connectivity index (χ1n) is 3.16. The lowest BCUT2D eigenvalue weighted by Gasteiger charge is -2.01. The lowest BCUT2D eigenvalue weighted by molar-refractivity contribution is 0.480. The molecule has 1 heterocycles. The van der Waals surface area contributed by atoms with Crippen molar-refractivity contribution in [2.24, 2.45) is 0 Å². The zero-order chi connectivity index (χ0) is 9.84. The predicted molar refractivity (Wildman–Crippen MR) is 52.3 cm³/mol. The van der Waals surface area contributed by atoms with Gasteiger partial charge in [0, 0.05) is 6.07 Å².